The zero-order valence-electron chi connectivity index (χ0n) is 16.1. The van der Waals surface area contributed by atoms with Crippen LogP contribution in [0.2, 0.25) is 0 Å². The second-order valence-electron chi connectivity index (χ2n) is 7.34. The minimum Gasteiger partial charge on any atom is -0.478 e. The van der Waals surface area contributed by atoms with Crippen molar-refractivity contribution < 1.29 is 14.7 Å². The van der Waals surface area contributed by atoms with E-state index in [0.717, 1.165) is 5.69 Å². The monoisotopic (exact) mass is 377 g/mol. The average Bonchev–Trinajstić information content (AvgIpc) is 2.98. The van der Waals surface area contributed by atoms with Crippen LogP contribution in [0.5, 0.6) is 0 Å². The number of carboxylic acids is 1. The van der Waals surface area contributed by atoms with Crippen LogP contribution in [0.3, 0.4) is 0 Å². The molecule has 0 atom stereocenters. The van der Waals surface area contributed by atoms with E-state index in [1.165, 1.54) is 0 Å². The summed E-state index contributed by atoms with van der Waals surface area (Å²) in [5.41, 5.74) is 1.68. The van der Waals surface area contributed by atoms with Crippen LogP contribution in [0.25, 0.3) is 5.69 Å². The van der Waals surface area contributed by atoms with Crippen molar-refractivity contribution in [2.45, 2.75) is 27.2 Å². The van der Waals surface area contributed by atoms with Gasteiger partial charge in [-0.2, -0.15) is 5.10 Å². The number of benzene rings is 2. The molecule has 0 spiro atoms. The first-order valence-electron chi connectivity index (χ1n) is 9.03. The molecule has 1 heterocycles. The molecule has 0 radical (unpaired) electrons. The number of carboxylic acid groups (broad SMARTS) is 1. The minimum atomic E-state index is -1.05. The van der Waals surface area contributed by atoms with E-state index in [-0.39, 0.29) is 17.9 Å². The normalized spacial score (nSPS) is 11.2. The molecule has 0 fully saturated rings. The molecule has 0 aliphatic carbocycles. The van der Waals surface area contributed by atoms with Crippen LogP contribution in [-0.2, 0) is 11.2 Å². The summed E-state index contributed by atoms with van der Waals surface area (Å²) < 4.78 is 1.62. The molecular weight excluding hydrogens is 354 g/mol. The molecule has 3 rings (SSSR count). The highest BCUT2D eigenvalue weighted by molar-refractivity contribution is 5.95. The maximum atomic E-state index is 12.9. The Bertz CT molecular complexity index is 993. The fourth-order valence-corrected chi connectivity index (χ4v) is 3.12. The topological polar surface area (TPSA) is 84.2 Å². The van der Waals surface area contributed by atoms with E-state index in [9.17, 15) is 14.7 Å². The fourth-order valence-electron chi connectivity index (χ4n) is 3.12. The number of anilines is 1. The van der Waals surface area contributed by atoms with Crippen molar-refractivity contribution in [3.8, 4) is 5.69 Å². The smallest absolute Gasteiger partial charge is 0.339 e. The van der Waals surface area contributed by atoms with Crippen LogP contribution >= 0.6 is 0 Å². The highest BCUT2D eigenvalue weighted by Gasteiger charge is 2.33. The molecule has 0 saturated heterocycles. The van der Waals surface area contributed by atoms with E-state index in [4.69, 9.17) is 0 Å². The lowest BCUT2D eigenvalue weighted by molar-refractivity contribution is -0.124. The molecular formula is C22H23N3O3. The number of nitrogens with one attached hydrogen (secondary N) is 1. The van der Waals surface area contributed by atoms with Gasteiger partial charge in [0.25, 0.3) is 0 Å². The van der Waals surface area contributed by atoms with E-state index < -0.39 is 11.4 Å². The first kappa shape index (κ1) is 19.4. The van der Waals surface area contributed by atoms with Crippen LogP contribution in [0.15, 0.2) is 60.7 Å². The molecule has 28 heavy (non-hydrogen) atoms. The summed E-state index contributed by atoms with van der Waals surface area (Å²) in [5, 5.41) is 17.1. The number of nitrogens with zero attached hydrogens (tertiary/aromatic N) is 2. The number of amides is 1. The Morgan fingerprint density at radius 3 is 2.18 bits per heavy atom. The highest BCUT2D eigenvalue weighted by atomic mass is 16.4. The predicted octanol–water partition coefficient (Wildman–Crippen LogP) is 4.09. The van der Waals surface area contributed by atoms with Gasteiger partial charge in [-0.3, -0.25) is 4.79 Å². The van der Waals surface area contributed by atoms with Crippen LogP contribution in [0.1, 0.15) is 35.6 Å². The summed E-state index contributed by atoms with van der Waals surface area (Å²) >= 11 is 0. The summed E-state index contributed by atoms with van der Waals surface area (Å²) in [6.07, 6.45) is 0.225. The van der Waals surface area contributed by atoms with Gasteiger partial charge in [0, 0.05) is 17.5 Å². The number of rotatable bonds is 6. The zero-order valence-corrected chi connectivity index (χ0v) is 16.1. The summed E-state index contributed by atoms with van der Waals surface area (Å²) in [6, 6.07) is 18.5. The van der Waals surface area contributed by atoms with Gasteiger partial charge in [0.05, 0.1) is 17.1 Å². The molecule has 2 N–H and O–H groups in total. The Hall–Kier alpha value is -3.41. The number of hydrogen-bond donors (Lipinski definition) is 2. The number of aromatic nitrogens is 2. The number of para-hydroxylation sites is 2. The molecule has 144 valence electrons. The van der Waals surface area contributed by atoms with Crippen molar-refractivity contribution in [1.29, 1.82) is 0 Å². The molecule has 0 aliphatic heterocycles. The Balaban J connectivity index is 1.98. The van der Waals surface area contributed by atoms with Crippen molar-refractivity contribution >= 4 is 17.6 Å². The number of carbonyl (C=O) groups excluding carboxylic acids is 1. The third-order valence-electron chi connectivity index (χ3n) is 4.63. The van der Waals surface area contributed by atoms with Gasteiger partial charge in [-0.05, 0) is 31.2 Å². The average molecular weight is 377 g/mol. The third kappa shape index (κ3) is 3.96. The lowest BCUT2D eigenvalue weighted by Gasteiger charge is -2.24. The highest BCUT2D eigenvalue weighted by Crippen LogP contribution is 2.29. The van der Waals surface area contributed by atoms with E-state index in [1.54, 1.807) is 25.5 Å². The lowest BCUT2D eigenvalue weighted by Crippen LogP contribution is -2.34. The van der Waals surface area contributed by atoms with Crippen LogP contribution in [0, 0.1) is 12.3 Å². The van der Waals surface area contributed by atoms with Gasteiger partial charge in [0.15, 0.2) is 0 Å². The van der Waals surface area contributed by atoms with Crippen molar-refractivity contribution in [3.05, 3.63) is 77.6 Å². The standard InChI is InChI=1S/C22H23N3O3/c1-15-19(20(26)27)18(25(24-15)17-12-8-5-9-13-17)14-22(2,3)21(28)23-16-10-6-4-7-11-16/h4-13H,14H2,1-3H3,(H,23,28)(H,26,27). The van der Waals surface area contributed by atoms with Crippen molar-refractivity contribution in [2.24, 2.45) is 5.41 Å². The molecule has 0 bridgehead atoms. The molecule has 3 aromatic rings. The lowest BCUT2D eigenvalue weighted by atomic mass is 9.85. The second kappa shape index (κ2) is 7.68. The summed E-state index contributed by atoms with van der Waals surface area (Å²) in [5.74, 6) is -1.23. The fraction of sp³-hybridized carbons (Fsp3) is 0.227. The Kier molecular flexibility index (Phi) is 5.31. The van der Waals surface area contributed by atoms with Crippen molar-refractivity contribution in [1.82, 2.24) is 9.78 Å². The summed E-state index contributed by atoms with van der Waals surface area (Å²) in [4.78, 5) is 24.8. The number of hydrogen-bond acceptors (Lipinski definition) is 3. The molecule has 1 aromatic heterocycles. The zero-order chi connectivity index (χ0) is 20.3. The van der Waals surface area contributed by atoms with E-state index in [2.05, 4.69) is 10.4 Å². The Morgan fingerprint density at radius 1 is 1.04 bits per heavy atom. The van der Waals surface area contributed by atoms with E-state index in [1.807, 2.05) is 60.7 Å². The molecule has 6 heteroatoms. The van der Waals surface area contributed by atoms with Crippen LogP contribution < -0.4 is 5.32 Å². The first-order chi connectivity index (χ1) is 13.3. The predicted molar refractivity (Wildman–Crippen MR) is 108 cm³/mol. The summed E-state index contributed by atoms with van der Waals surface area (Å²) in [7, 11) is 0. The van der Waals surface area contributed by atoms with Gasteiger partial charge < -0.3 is 10.4 Å². The second-order valence-corrected chi connectivity index (χ2v) is 7.34. The molecule has 2 aromatic carbocycles. The maximum Gasteiger partial charge on any atom is 0.339 e. The molecule has 0 aliphatic rings. The number of aromatic carboxylic acids is 1. The van der Waals surface area contributed by atoms with Crippen LogP contribution in [-0.4, -0.2) is 26.8 Å². The molecule has 1 amide bonds. The van der Waals surface area contributed by atoms with Gasteiger partial charge >= 0.3 is 5.97 Å². The van der Waals surface area contributed by atoms with Crippen LogP contribution in [0.4, 0.5) is 5.69 Å². The van der Waals surface area contributed by atoms with Crippen molar-refractivity contribution in [2.75, 3.05) is 5.32 Å². The molecule has 6 nitrogen and oxygen atoms in total. The minimum absolute atomic E-state index is 0.143. The first-order valence-corrected chi connectivity index (χ1v) is 9.03. The molecule has 0 unspecified atom stereocenters. The maximum absolute atomic E-state index is 12.9. The Morgan fingerprint density at radius 2 is 1.61 bits per heavy atom. The molecule has 0 saturated carbocycles. The summed E-state index contributed by atoms with van der Waals surface area (Å²) in [6.45, 7) is 5.27. The number of aryl methyl sites for hydroxylation is 1. The van der Waals surface area contributed by atoms with Gasteiger partial charge in [-0.15, -0.1) is 0 Å². The van der Waals surface area contributed by atoms with E-state index >= 15 is 0 Å². The van der Waals surface area contributed by atoms with Crippen molar-refractivity contribution in [3.63, 3.8) is 0 Å². The van der Waals surface area contributed by atoms with Gasteiger partial charge in [0.2, 0.25) is 5.91 Å². The Labute approximate surface area is 163 Å². The third-order valence-corrected chi connectivity index (χ3v) is 4.63. The number of carbonyl (C=O) groups is 2. The quantitative estimate of drug-likeness (QED) is 0.678. The van der Waals surface area contributed by atoms with Gasteiger partial charge in [-0.1, -0.05) is 50.2 Å². The van der Waals surface area contributed by atoms with Gasteiger partial charge in [0.1, 0.15) is 5.56 Å². The van der Waals surface area contributed by atoms with E-state index in [0.29, 0.717) is 17.1 Å². The SMILES string of the molecule is Cc1nn(-c2ccccc2)c(CC(C)(C)C(=O)Nc2ccccc2)c1C(=O)O. The van der Waals surface area contributed by atoms with Gasteiger partial charge in [-0.25, -0.2) is 9.48 Å². The largest absolute Gasteiger partial charge is 0.478 e.